The van der Waals surface area contributed by atoms with Gasteiger partial charge in [0.2, 0.25) is 11.8 Å². The molecule has 8 atom stereocenters. The highest BCUT2D eigenvalue weighted by Crippen LogP contribution is 2.53. The lowest BCUT2D eigenvalue weighted by Crippen LogP contribution is -2.74. The number of nitrogens with one attached hydrogen (secondary N) is 1. The number of nitrogens with zero attached hydrogens (tertiary/aromatic N) is 3. The van der Waals surface area contributed by atoms with Crippen LogP contribution in [0.1, 0.15) is 28.8 Å². The third-order valence-corrected chi connectivity index (χ3v) is 10.2. The maximum Gasteiger partial charge on any atom is 0.238 e. The predicted molar refractivity (Wildman–Crippen MR) is 152 cm³/mol. The van der Waals surface area contributed by atoms with Gasteiger partial charge in [0, 0.05) is 38.8 Å². The van der Waals surface area contributed by atoms with Crippen molar-refractivity contribution in [3.05, 3.63) is 17.2 Å². The van der Waals surface area contributed by atoms with Crippen LogP contribution in [0.4, 0.5) is 11.4 Å². The number of benzene rings is 1. The van der Waals surface area contributed by atoms with Crippen molar-refractivity contribution in [2.75, 3.05) is 58.0 Å². The Hall–Kier alpha value is -3.68. The number of likely N-dealkylation sites (N-methyl/N-ethyl adjacent to an activating group) is 1. The van der Waals surface area contributed by atoms with Gasteiger partial charge in [-0.3, -0.25) is 38.6 Å². The summed E-state index contributed by atoms with van der Waals surface area (Å²) >= 11 is 0. The van der Waals surface area contributed by atoms with Crippen LogP contribution in [0.3, 0.4) is 0 Å². The molecule has 13 heteroatoms. The summed E-state index contributed by atoms with van der Waals surface area (Å²) in [5.41, 5.74) is 3.47. The number of carbonyl (C=O) groups excluding carboxylic acids is 6. The van der Waals surface area contributed by atoms with E-state index < -0.39 is 70.1 Å². The van der Waals surface area contributed by atoms with Gasteiger partial charge in [-0.25, -0.2) is 0 Å². The fourth-order valence-corrected chi connectivity index (χ4v) is 8.16. The lowest BCUT2D eigenvalue weighted by Gasteiger charge is -2.52. The Morgan fingerprint density at radius 3 is 2.28 bits per heavy atom. The third-order valence-electron chi connectivity index (χ3n) is 10.2. The molecule has 0 radical (unpaired) electrons. The Morgan fingerprint density at radius 2 is 1.70 bits per heavy atom. The molecule has 1 saturated heterocycles. The van der Waals surface area contributed by atoms with Crippen LogP contribution >= 0.6 is 0 Å². The average molecular weight is 596 g/mol. The molecule has 43 heavy (non-hydrogen) atoms. The number of piperidine rings is 1. The van der Waals surface area contributed by atoms with Gasteiger partial charge in [0.1, 0.15) is 5.75 Å². The number of likely N-dealkylation sites (tertiary alicyclic amines) is 1. The molecule has 1 aliphatic heterocycles. The predicted octanol–water partition coefficient (Wildman–Crippen LogP) is -1.18. The molecule has 4 aliphatic carbocycles. The van der Waals surface area contributed by atoms with E-state index in [2.05, 4.69) is 10.2 Å². The maximum atomic E-state index is 14.1. The van der Waals surface area contributed by atoms with Crippen molar-refractivity contribution >= 4 is 46.3 Å². The fraction of sp³-hybridized carbons (Fsp3) is 0.600. The van der Waals surface area contributed by atoms with Crippen LogP contribution in [0.2, 0.25) is 0 Å². The van der Waals surface area contributed by atoms with Gasteiger partial charge in [0.15, 0.2) is 34.7 Å². The number of phenolic OH excluding ortho intramolecular Hbond substituents is 1. The largest absolute Gasteiger partial charge is 0.505 e. The second kappa shape index (κ2) is 9.93. The minimum Gasteiger partial charge on any atom is -0.505 e. The van der Waals surface area contributed by atoms with E-state index in [9.17, 15) is 39.0 Å². The number of aromatic hydroxyl groups is 1. The number of fused-ring (bicyclic) bond motifs is 4. The lowest BCUT2D eigenvalue weighted by atomic mass is 9.52. The first-order valence-corrected chi connectivity index (χ1v) is 14.6. The van der Waals surface area contributed by atoms with Gasteiger partial charge in [-0.15, -0.1) is 0 Å². The summed E-state index contributed by atoms with van der Waals surface area (Å²) in [6.07, 6.45) is 1.29. The van der Waals surface area contributed by atoms with E-state index in [-0.39, 0.29) is 36.5 Å². The van der Waals surface area contributed by atoms with Gasteiger partial charge in [-0.05, 0) is 62.7 Å². The summed E-state index contributed by atoms with van der Waals surface area (Å²) in [4.78, 5) is 85.2. The van der Waals surface area contributed by atoms with Crippen molar-refractivity contribution in [1.82, 2.24) is 9.80 Å². The van der Waals surface area contributed by atoms with Crippen molar-refractivity contribution in [3.8, 4) is 5.75 Å². The minimum absolute atomic E-state index is 0.0178. The zero-order chi connectivity index (χ0) is 31.3. The molecular formula is C30H37N5O8. The lowest BCUT2D eigenvalue weighted by molar-refractivity contribution is -0.181. The summed E-state index contributed by atoms with van der Waals surface area (Å²) in [6.45, 7) is 1.84. The zero-order valence-corrected chi connectivity index (χ0v) is 24.6. The van der Waals surface area contributed by atoms with E-state index in [0.29, 0.717) is 23.1 Å². The molecule has 0 spiro atoms. The normalized spacial score (nSPS) is 34.8. The number of hydrogen-bond acceptors (Lipinski definition) is 11. The molecule has 13 nitrogen and oxygen atoms in total. The Bertz CT molecular complexity index is 1480. The Balaban J connectivity index is 1.38. The highest BCUT2D eigenvalue weighted by atomic mass is 16.3. The summed E-state index contributed by atoms with van der Waals surface area (Å²) in [6, 6.07) is 0.429. The van der Waals surface area contributed by atoms with E-state index in [0.717, 1.165) is 13.1 Å². The molecule has 1 aromatic carbocycles. The molecule has 230 valence electrons. The molecule has 0 aromatic heterocycles. The molecule has 2 amide bonds. The summed E-state index contributed by atoms with van der Waals surface area (Å²) in [7, 11) is 6.58. The van der Waals surface area contributed by atoms with E-state index in [1.165, 1.54) is 11.3 Å². The summed E-state index contributed by atoms with van der Waals surface area (Å²) in [5, 5.41) is 25.8. The summed E-state index contributed by atoms with van der Waals surface area (Å²) < 4.78 is 0. The number of rotatable bonds is 6. The Morgan fingerprint density at radius 1 is 1.05 bits per heavy atom. The number of carbonyl (C=O) groups is 6. The van der Waals surface area contributed by atoms with E-state index in [4.69, 9.17) is 5.73 Å². The third kappa shape index (κ3) is 4.31. The highest BCUT2D eigenvalue weighted by Gasteiger charge is 2.69. The van der Waals surface area contributed by atoms with E-state index in [1.807, 2.05) is 0 Å². The van der Waals surface area contributed by atoms with Crippen LogP contribution in [0, 0.1) is 35.5 Å². The van der Waals surface area contributed by atoms with Crippen molar-refractivity contribution < 1.29 is 39.0 Å². The van der Waals surface area contributed by atoms with Crippen LogP contribution in [0.5, 0.6) is 5.75 Å². The van der Waals surface area contributed by atoms with Crippen molar-refractivity contribution in [1.29, 1.82) is 0 Å². The molecular weight excluding hydrogens is 558 g/mol. The van der Waals surface area contributed by atoms with Crippen LogP contribution in [-0.2, 0) is 30.4 Å². The number of anilines is 2. The van der Waals surface area contributed by atoms with E-state index >= 15 is 0 Å². The molecule has 6 rings (SSSR count). The molecule has 3 saturated carbocycles. The quantitative estimate of drug-likeness (QED) is 0.229. The molecule has 1 aromatic rings. The van der Waals surface area contributed by atoms with Crippen LogP contribution < -0.4 is 16.0 Å². The molecule has 5 N–H and O–H groups in total. The van der Waals surface area contributed by atoms with Gasteiger partial charge in [-0.2, -0.15) is 0 Å². The Labute approximate surface area is 248 Å². The van der Waals surface area contributed by atoms with Gasteiger partial charge in [0.25, 0.3) is 0 Å². The van der Waals surface area contributed by atoms with Crippen LogP contribution in [0.15, 0.2) is 6.07 Å². The number of hydrogen-bond donors (Lipinski definition) is 4. The second-order valence-electron chi connectivity index (χ2n) is 13.3. The van der Waals surface area contributed by atoms with E-state index in [1.54, 1.807) is 39.2 Å². The van der Waals surface area contributed by atoms with Gasteiger partial charge >= 0.3 is 0 Å². The maximum absolute atomic E-state index is 14.1. The number of nitrogens with two attached hydrogens (primary N) is 1. The molecule has 1 heterocycles. The topological polar surface area (TPSA) is 191 Å². The number of ketones is 4. The zero-order valence-electron chi connectivity index (χ0n) is 24.6. The van der Waals surface area contributed by atoms with Crippen LogP contribution in [0.25, 0.3) is 0 Å². The first kappa shape index (κ1) is 29.4. The van der Waals surface area contributed by atoms with Crippen molar-refractivity contribution in [3.63, 3.8) is 0 Å². The molecule has 4 fully saturated rings. The van der Waals surface area contributed by atoms with Crippen molar-refractivity contribution in [2.45, 2.75) is 30.9 Å². The number of aliphatic hydroxyl groups is 1. The first-order valence-electron chi connectivity index (χ1n) is 14.6. The SMILES string of the molecule is CN(C)c1cc(NC(=O)CN2CC3CC3C2)c(O)c2c1C[C@H]1C[C@H]3[C@H](N(C)C)C(=O)C(C(N)=O)C(=O)[C@@]3(O)C(=O)C1C2=O. The number of Topliss-reactive ketones (excluding diaryl/α,β-unsaturated/α-hetero) is 4. The smallest absolute Gasteiger partial charge is 0.238 e. The van der Waals surface area contributed by atoms with Crippen LogP contribution in [-0.4, -0.2) is 114 Å². The molecule has 4 unspecified atom stereocenters. The number of phenols is 1. The van der Waals surface area contributed by atoms with Gasteiger partial charge < -0.3 is 26.2 Å². The average Bonchev–Trinajstić information content (AvgIpc) is 3.52. The number of primary amides is 1. The van der Waals surface area contributed by atoms with Crippen molar-refractivity contribution in [2.24, 2.45) is 41.2 Å². The second-order valence-corrected chi connectivity index (χ2v) is 13.3. The fourth-order valence-electron chi connectivity index (χ4n) is 8.16. The highest BCUT2D eigenvalue weighted by molar-refractivity contribution is 6.32. The number of amides is 2. The Kier molecular flexibility index (Phi) is 6.79. The first-order chi connectivity index (χ1) is 20.2. The summed E-state index contributed by atoms with van der Waals surface area (Å²) in [5.74, 6) is -10.3. The standard InChI is InChI=1S/C30H37N5O8/c1-33(2)18-8-17(32-19(36)11-35-9-13-5-14(13)10-35)24(37)21-15(18)6-12-7-16-23(34(3)4)26(39)22(29(31)42)28(41)30(16,43)27(40)20(12)25(21)38/h8,12-14,16,20,22-23,37,43H,5-7,9-11H2,1-4H3,(H2,31,42)(H,32,36)/t12-,13?,14?,16-,20?,22?,23-,30-/m0/s1. The molecule has 5 aliphatic rings. The van der Waals surface area contributed by atoms with Gasteiger partial charge in [-0.1, -0.05) is 0 Å². The minimum atomic E-state index is -2.79. The molecule has 0 bridgehead atoms. The van der Waals surface area contributed by atoms with Gasteiger partial charge in [0.05, 0.1) is 29.8 Å². The monoisotopic (exact) mass is 595 g/mol.